The molecule has 1 aromatic carbocycles. The molecule has 0 fully saturated rings. The summed E-state index contributed by atoms with van der Waals surface area (Å²) in [5.74, 6) is 0. The lowest BCUT2D eigenvalue weighted by molar-refractivity contribution is -0.0419. The molecule has 0 radical (unpaired) electrons. The van der Waals surface area contributed by atoms with Crippen LogP contribution in [0.1, 0.15) is 22.3 Å². The van der Waals surface area contributed by atoms with Crippen LogP contribution in [0.2, 0.25) is 0 Å². The van der Waals surface area contributed by atoms with E-state index in [2.05, 4.69) is 4.72 Å². The fourth-order valence-corrected chi connectivity index (χ4v) is 3.75. The molecular formula is C13H15NO4S2. The Morgan fingerprint density at radius 2 is 1.75 bits per heavy atom. The number of benzene rings is 1. The van der Waals surface area contributed by atoms with Gasteiger partial charge in [0.15, 0.2) is 6.29 Å². The molecule has 20 heavy (non-hydrogen) atoms. The van der Waals surface area contributed by atoms with Gasteiger partial charge >= 0.3 is 0 Å². The third-order valence-corrected chi connectivity index (χ3v) is 5.17. The number of aryl methyl sites for hydroxylation is 2. The van der Waals surface area contributed by atoms with E-state index in [-0.39, 0.29) is 16.1 Å². The minimum atomic E-state index is -3.74. The predicted octanol–water partition coefficient (Wildman–Crippen LogP) is 2.15. The van der Waals surface area contributed by atoms with Crippen molar-refractivity contribution in [3.8, 4) is 0 Å². The van der Waals surface area contributed by atoms with E-state index in [4.69, 9.17) is 0 Å². The van der Waals surface area contributed by atoms with Gasteiger partial charge in [0.2, 0.25) is 0 Å². The molecule has 0 aliphatic rings. The molecule has 108 valence electrons. The average molecular weight is 313 g/mol. The first-order valence-electron chi connectivity index (χ1n) is 5.85. The highest BCUT2D eigenvalue weighted by molar-refractivity contribution is 7.92. The molecule has 1 aromatic heterocycles. The van der Waals surface area contributed by atoms with Gasteiger partial charge in [0.05, 0.1) is 10.6 Å². The monoisotopic (exact) mass is 313 g/mol. The first-order chi connectivity index (χ1) is 9.31. The highest BCUT2D eigenvalue weighted by Gasteiger charge is 2.20. The van der Waals surface area contributed by atoms with Crippen LogP contribution in [0.3, 0.4) is 0 Å². The maximum Gasteiger partial charge on any atom is 0.261 e. The summed E-state index contributed by atoms with van der Waals surface area (Å²) in [4.78, 5) is 0.784. The Hall–Kier alpha value is -1.41. The average Bonchev–Trinajstić information content (AvgIpc) is 2.70. The largest absolute Gasteiger partial charge is 0.364 e. The van der Waals surface area contributed by atoms with Crippen LogP contribution in [0, 0.1) is 13.8 Å². The van der Waals surface area contributed by atoms with Crippen LogP contribution in [0.4, 0.5) is 5.69 Å². The van der Waals surface area contributed by atoms with E-state index in [0.717, 1.165) is 5.56 Å². The molecule has 0 saturated carbocycles. The fraction of sp³-hybridized carbons (Fsp3) is 0.231. The molecule has 3 N–H and O–H groups in total. The summed E-state index contributed by atoms with van der Waals surface area (Å²) in [7, 11) is -3.74. The summed E-state index contributed by atoms with van der Waals surface area (Å²) in [6.45, 7) is 3.56. The van der Waals surface area contributed by atoms with Gasteiger partial charge < -0.3 is 10.2 Å². The van der Waals surface area contributed by atoms with Gasteiger partial charge in [-0.25, -0.2) is 8.42 Å². The zero-order chi connectivity index (χ0) is 14.9. The normalized spacial score (nSPS) is 11.8. The van der Waals surface area contributed by atoms with Crippen LogP contribution >= 0.6 is 11.3 Å². The molecule has 0 spiro atoms. The molecule has 2 rings (SSSR count). The fourth-order valence-electron chi connectivity index (χ4n) is 1.78. The third-order valence-electron chi connectivity index (χ3n) is 2.86. The number of aliphatic hydroxyl groups is 2. The number of sulfonamides is 1. The summed E-state index contributed by atoms with van der Waals surface area (Å²) in [5, 5.41) is 20.2. The van der Waals surface area contributed by atoms with Gasteiger partial charge in [-0.3, -0.25) is 4.72 Å². The summed E-state index contributed by atoms with van der Waals surface area (Å²) in [6, 6.07) is 6.42. The molecular weight excluding hydrogens is 298 g/mol. The van der Waals surface area contributed by atoms with Gasteiger partial charge in [0, 0.05) is 15.8 Å². The lowest BCUT2D eigenvalue weighted by Crippen LogP contribution is -2.14. The predicted molar refractivity (Wildman–Crippen MR) is 78.2 cm³/mol. The van der Waals surface area contributed by atoms with Gasteiger partial charge in [-0.05, 0) is 26.0 Å². The zero-order valence-electron chi connectivity index (χ0n) is 11.0. The topological polar surface area (TPSA) is 86.6 Å². The van der Waals surface area contributed by atoms with Gasteiger partial charge in [-0.15, -0.1) is 11.3 Å². The minimum absolute atomic E-state index is 0.130. The first kappa shape index (κ1) is 15.0. The minimum Gasteiger partial charge on any atom is -0.364 e. The van der Waals surface area contributed by atoms with Gasteiger partial charge in [0.25, 0.3) is 10.0 Å². The number of anilines is 1. The van der Waals surface area contributed by atoms with Crippen molar-refractivity contribution in [1.82, 2.24) is 0 Å². The van der Waals surface area contributed by atoms with E-state index in [1.54, 1.807) is 24.4 Å². The number of aliphatic hydroxyl groups excluding tert-OH is 1. The Morgan fingerprint density at radius 1 is 1.15 bits per heavy atom. The maximum atomic E-state index is 12.2. The molecule has 5 nitrogen and oxygen atoms in total. The number of thiophene rings is 1. The molecule has 0 atom stereocenters. The maximum absolute atomic E-state index is 12.2. The number of nitrogens with one attached hydrogen (secondary N) is 1. The molecule has 0 aliphatic heterocycles. The Balaban J connectivity index is 2.36. The second-order valence-electron chi connectivity index (χ2n) is 4.41. The Bertz CT molecular complexity index is 702. The van der Waals surface area contributed by atoms with Crippen molar-refractivity contribution in [1.29, 1.82) is 0 Å². The lowest BCUT2D eigenvalue weighted by atomic mass is 10.2. The van der Waals surface area contributed by atoms with Crippen molar-refractivity contribution >= 4 is 27.0 Å². The molecule has 0 aliphatic carbocycles. The SMILES string of the molecule is Cc1ccc(S(=O)(=O)Nc2csc(C)c2C(O)O)cc1. The highest BCUT2D eigenvalue weighted by atomic mass is 32.2. The lowest BCUT2D eigenvalue weighted by Gasteiger charge is -2.11. The second-order valence-corrected chi connectivity index (χ2v) is 7.18. The molecule has 0 saturated heterocycles. The van der Waals surface area contributed by atoms with Crippen LogP contribution in [0.25, 0.3) is 0 Å². The van der Waals surface area contributed by atoms with Crippen LogP contribution in [0.15, 0.2) is 34.5 Å². The van der Waals surface area contributed by atoms with Crippen LogP contribution in [-0.4, -0.2) is 18.6 Å². The zero-order valence-corrected chi connectivity index (χ0v) is 12.6. The molecule has 0 unspecified atom stereocenters. The summed E-state index contributed by atoms with van der Waals surface area (Å²) < 4.78 is 26.8. The summed E-state index contributed by atoms with van der Waals surface area (Å²) in [5.41, 5.74) is 1.34. The molecule has 0 amide bonds. The highest BCUT2D eigenvalue weighted by Crippen LogP contribution is 2.32. The van der Waals surface area contributed by atoms with E-state index in [1.165, 1.54) is 23.5 Å². The van der Waals surface area contributed by atoms with Crippen molar-refractivity contribution in [3.05, 3.63) is 45.6 Å². The van der Waals surface area contributed by atoms with E-state index in [9.17, 15) is 18.6 Å². The third kappa shape index (κ3) is 3.01. The Morgan fingerprint density at radius 3 is 2.30 bits per heavy atom. The van der Waals surface area contributed by atoms with E-state index < -0.39 is 16.3 Å². The Labute approximate surface area is 121 Å². The molecule has 2 aromatic rings. The number of hydrogen-bond donors (Lipinski definition) is 3. The standard InChI is InChI=1S/C13H15NO4S2/c1-8-3-5-10(6-4-8)20(17,18)14-11-7-19-9(2)12(11)13(15)16/h3-7,13-16H,1-2H3. The van der Waals surface area contributed by atoms with Gasteiger partial charge in [-0.2, -0.15) is 0 Å². The van der Waals surface area contributed by atoms with Crippen molar-refractivity contribution in [3.63, 3.8) is 0 Å². The smallest absolute Gasteiger partial charge is 0.261 e. The van der Waals surface area contributed by atoms with E-state index >= 15 is 0 Å². The molecule has 0 bridgehead atoms. The van der Waals surface area contributed by atoms with E-state index in [0.29, 0.717) is 4.88 Å². The van der Waals surface area contributed by atoms with Crippen molar-refractivity contribution < 1.29 is 18.6 Å². The van der Waals surface area contributed by atoms with Crippen LogP contribution < -0.4 is 4.72 Å². The van der Waals surface area contributed by atoms with Gasteiger partial charge in [0.1, 0.15) is 0 Å². The first-order valence-corrected chi connectivity index (χ1v) is 8.21. The van der Waals surface area contributed by atoms with Gasteiger partial charge in [-0.1, -0.05) is 17.7 Å². The molecule has 7 heteroatoms. The summed E-state index contributed by atoms with van der Waals surface area (Å²) >= 11 is 1.25. The summed E-state index contributed by atoms with van der Waals surface area (Å²) in [6.07, 6.45) is -1.71. The van der Waals surface area contributed by atoms with Crippen molar-refractivity contribution in [2.45, 2.75) is 25.0 Å². The van der Waals surface area contributed by atoms with Crippen LogP contribution in [0.5, 0.6) is 0 Å². The van der Waals surface area contributed by atoms with Crippen molar-refractivity contribution in [2.75, 3.05) is 4.72 Å². The van der Waals surface area contributed by atoms with Crippen LogP contribution in [-0.2, 0) is 10.0 Å². The quantitative estimate of drug-likeness (QED) is 0.755. The van der Waals surface area contributed by atoms with Crippen molar-refractivity contribution in [2.24, 2.45) is 0 Å². The number of rotatable bonds is 4. The molecule has 1 heterocycles. The number of hydrogen-bond acceptors (Lipinski definition) is 5. The second kappa shape index (κ2) is 5.53. The Kier molecular flexibility index (Phi) is 4.14. The van der Waals surface area contributed by atoms with E-state index in [1.807, 2.05) is 6.92 Å².